The molecule has 0 aliphatic rings. The number of oxazole rings is 1. The van der Waals surface area contributed by atoms with Crippen LogP contribution in [0.2, 0.25) is 0 Å². The van der Waals surface area contributed by atoms with Gasteiger partial charge in [-0.3, -0.25) is 4.98 Å². The van der Waals surface area contributed by atoms with Crippen LogP contribution in [0.25, 0.3) is 21.7 Å². The number of alkyl halides is 3. The number of nitrogens with one attached hydrogen (secondary N) is 2. The van der Waals surface area contributed by atoms with E-state index < -0.39 is 17.5 Å². The maximum absolute atomic E-state index is 12.6. The number of aromatic nitrogens is 3. The van der Waals surface area contributed by atoms with Crippen LogP contribution in [0.4, 0.5) is 18.3 Å². The summed E-state index contributed by atoms with van der Waals surface area (Å²) in [6.07, 6.45) is -2.92. The van der Waals surface area contributed by atoms with Crippen LogP contribution in [0.5, 0.6) is 0 Å². The zero-order chi connectivity index (χ0) is 20.4. The summed E-state index contributed by atoms with van der Waals surface area (Å²) < 4.78 is 42.8. The number of hydrogen-bond acceptors (Lipinski definition) is 6. The highest BCUT2D eigenvalue weighted by Crippen LogP contribution is 2.30. The van der Waals surface area contributed by atoms with Crippen LogP contribution in [0.15, 0.2) is 51.7 Å². The van der Waals surface area contributed by atoms with Gasteiger partial charge in [-0.25, -0.2) is 4.79 Å². The summed E-state index contributed by atoms with van der Waals surface area (Å²) in [6.45, 7) is 0.612. The van der Waals surface area contributed by atoms with Gasteiger partial charge in [0.25, 0.3) is 0 Å². The van der Waals surface area contributed by atoms with E-state index in [0.29, 0.717) is 34.2 Å². The Morgan fingerprint density at radius 2 is 1.90 bits per heavy atom. The van der Waals surface area contributed by atoms with Crippen molar-refractivity contribution in [1.82, 2.24) is 15.2 Å². The van der Waals surface area contributed by atoms with Crippen molar-refractivity contribution in [3.05, 3.63) is 64.1 Å². The molecule has 0 amide bonds. The molecule has 2 N–H and O–H groups in total. The van der Waals surface area contributed by atoms with Gasteiger partial charge in [0, 0.05) is 12.1 Å². The largest absolute Gasteiger partial charge is 0.417 e. The fourth-order valence-corrected chi connectivity index (χ4v) is 3.60. The maximum atomic E-state index is 12.6. The Kier molecular flexibility index (Phi) is 5.10. The summed E-state index contributed by atoms with van der Waals surface area (Å²) in [6, 6.07) is 10.5. The first kappa shape index (κ1) is 19.2. The lowest BCUT2D eigenvalue weighted by molar-refractivity contribution is -0.137. The Balaban J connectivity index is 1.32. The Morgan fingerprint density at radius 3 is 2.66 bits per heavy atom. The normalized spacial score (nSPS) is 11.8. The van der Waals surface area contributed by atoms with Crippen molar-refractivity contribution in [2.75, 3.05) is 11.9 Å². The summed E-state index contributed by atoms with van der Waals surface area (Å²) in [5, 5.41) is 12.7. The summed E-state index contributed by atoms with van der Waals surface area (Å²) >= 11 is 1.36. The second-order valence-corrected chi connectivity index (χ2v) is 7.34. The minimum atomic E-state index is -4.31. The predicted molar refractivity (Wildman–Crippen MR) is 104 cm³/mol. The Hall–Kier alpha value is -3.14. The van der Waals surface area contributed by atoms with Crippen molar-refractivity contribution < 1.29 is 17.6 Å². The molecule has 0 saturated carbocycles. The number of hydrogen-bond donors (Lipinski definition) is 2. The molecule has 0 radical (unpaired) electrons. The first-order valence-corrected chi connectivity index (χ1v) is 9.57. The second kappa shape index (κ2) is 7.70. The van der Waals surface area contributed by atoms with Crippen molar-refractivity contribution in [2.45, 2.75) is 19.0 Å². The highest BCUT2D eigenvalue weighted by atomic mass is 32.1. The van der Waals surface area contributed by atoms with Gasteiger partial charge in [-0.2, -0.15) is 13.2 Å². The van der Waals surface area contributed by atoms with Crippen LogP contribution >= 0.6 is 11.3 Å². The zero-order valence-electron chi connectivity index (χ0n) is 14.9. The van der Waals surface area contributed by atoms with Gasteiger partial charge in [-0.05, 0) is 48.7 Å². The molecule has 6 nitrogen and oxygen atoms in total. The Bertz CT molecular complexity index is 1180. The highest BCUT2D eigenvalue weighted by molar-refractivity contribution is 7.18. The molecule has 0 unspecified atom stereocenters. The molecule has 10 heteroatoms. The molecule has 2 aromatic heterocycles. The third-order valence-corrected chi connectivity index (χ3v) is 5.22. The Labute approximate surface area is 166 Å². The van der Waals surface area contributed by atoms with Crippen molar-refractivity contribution in [2.24, 2.45) is 0 Å². The number of rotatable bonds is 6. The van der Waals surface area contributed by atoms with Crippen LogP contribution in [0.3, 0.4) is 0 Å². The third kappa shape index (κ3) is 4.48. The van der Waals surface area contributed by atoms with Crippen molar-refractivity contribution >= 4 is 27.6 Å². The van der Waals surface area contributed by atoms with E-state index in [1.54, 1.807) is 12.1 Å². The fraction of sp³-hybridized carbons (Fsp3) is 0.211. The van der Waals surface area contributed by atoms with Gasteiger partial charge in [0.1, 0.15) is 5.01 Å². The molecule has 29 heavy (non-hydrogen) atoms. The zero-order valence-corrected chi connectivity index (χ0v) is 15.7. The Morgan fingerprint density at radius 1 is 1.10 bits per heavy atom. The van der Waals surface area contributed by atoms with Crippen molar-refractivity contribution in [1.29, 1.82) is 0 Å². The van der Waals surface area contributed by atoms with E-state index in [2.05, 4.69) is 20.5 Å². The predicted octanol–water partition coefficient (Wildman–Crippen LogP) is 4.70. The van der Waals surface area contributed by atoms with E-state index in [-0.39, 0.29) is 0 Å². The van der Waals surface area contributed by atoms with Crippen LogP contribution in [0.1, 0.15) is 17.5 Å². The average molecular weight is 420 g/mol. The van der Waals surface area contributed by atoms with Crippen LogP contribution in [0, 0.1) is 0 Å². The van der Waals surface area contributed by atoms with Crippen LogP contribution in [-0.2, 0) is 12.6 Å². The molecule has 0 saturated heterocycles. The molecule has 0 atom stereocenters. The van der Waals surface area contributed by atoms with Crippen molar-refractivity contribution in [3.63, 3.8) is 0 Å². The lowest BCUT2D eigenvalue weighted by atomic mass is 10.1. The molecule has 4 aromatic rings. The molecule has 0 bridgehead atoms. The van der Waals surface area contributed by atoms with Gasteiger partial charge in [-0.1, -0.05) is 23.5 Å². The van der Waals surface area contributed by atoms with Gasteiger partial charge in [-0.15, -0.1) is 10.2 Å². The number of benzene rings is 2. The number of H-pyrrole nitrogens is 1. The van der Waals surface area contributed by atoms with Crippen LogP contribution in [-0.4, -0.2) is 21.7 Å². The smallest absolute Gasteiger partial charge is 0.408 e. The maximum Gasteiger partial charge on any atom is 0.417 e. The number of fused-ring (bicyclic) bond motifs is 1. The molecule has 0 fully saturated rings. The molecule has 2 aromatic carbocycles. The van der Waals surface area contributed by atoms with E-state index >= 15 is 0 Å². The minimum absolute atomic E-state index is 0.453. The molecule has 150 valence electrons. The van der Waals surface area contributed by atoms with E-state index in [4.69, 9.17) is 4.42 Å². The monoisotopic (exact) mass is 420 g/mol. The number of anilines is 1. The van der Waals surface area contributed by atoms with Gasteiger partial charge in [0.05, 0.1) is 11.1 Å². The number of aryl methyl sites for hydroxylation is 1. The third-order valence-electron chi connectivity index (χ3n) is 4.29. The lowest BCUT2D eigenvalue weighted by Crippen LogP contribution is -2.05. The second-order valence-electron chi connectivity index (χ2n) is 6.36. The standard InChI is InChI=1S/C19H15F3N4O2S/c20-19(21,22)13-6-3-11(4-7-13)2-1-9-23-17-26-25-16(29-17)12-5-8-14-15(10-12)28-18(27)24-14/h3-8,10H,1-2,9H2,(H,23,26)(H,24,27). The number of aromatic amines is 1. The van der Waals surface area contributed by atoms with Gasteiger partial charge < -0.3 is 9.73 Å². The molecular weight excluding hydrogens is 405 g/mol. The summed E-state index contributed by atoms with van der Waals surface area (Å²) in [4.78, 5) is 13.8. The molecule has 4 rings (SSSR count). The van der Waals surface area contributed by atoms with E-state index in [1.807, 2.05) is 6.07 Å². The summed E-state index contributed by atoms with van der Waals surface area (Å²) in [5.74, 6) is -0.509. The van der Waals surface area contributed by atoms with E-state index in [1.165, 1.54) is 23.5 Å². The van der Waals surface area contributed by atoms with Gasteiger partial charge >= 0.3 is 11.9 Å². The van der Waals surface area contributed by atoms with Crippen molar-refractivity contribution in [3.8, 4) is 10.6 Å². The van der Waals surface area contributed by atoms with Crippen LogP contribution < -0.4 is 11.1 Å². The van der Waals surface area contributed by atoms with E-state index in [9.17, 15) is 18.0 Å². The number of nitrogens with zero attached hydrogens (tertiary/aromatic N) is 2. The SMILES string of the molecule is O=c1[nH]c2ccc(-c3nnc(NCCCc4ccc(C(F)(F)F)cc4)s3)cc2o1. The number of halogens is 3. The minimum Gasteiger partial charge on any atom is -0.408 e. The first-order chi connectivity index (χ1) is 13.9. The average Bonchev–Trinajstić information content (AvgIpc) is 3.30. The molecule has 2 heterocycles. The summed E-state index contributed by atoms with van der Waals surface area (Å²) in [5.41, 5.74) is 2.06. The molecule has 0 aliphatic carbocycles. The van der Waals surface area contributed by atoms with Gasteiger partial charge in [0.15, 0.2) is 5.58 Å². The molecule has 0 aliphatic heterocycles. The first-order valence-electron chi connectivity index (χ1n) is 8.75. The molecule has 0 spiro atoms. The van der Waals surface area contributed by atoms with E-state index in [0.717, 1.165) is 29.7 Å². The lowest BCUT2D eigenvalue weighted by Gasteiger charge is -2.07. The summed E-state index contributed by atoms with van der Waals surface area (Å²) in [7, 11) is 0. The van der Waals surface area contributed by atoms with Gasteiger partial charge in [0.2, 0.25) is 5.13 Å². The fourth-order valence-electron chi connectivity index (χ4n) is 2.84. The topological polar surface area (TPSA) is 83.8 Å². The molecular formula is C19H15F3N4O2S. The quantitative estimate of drug-likeness (QED) is 0.442. The highest BCUT2D eigenvalue weighted by Gasteiger charge is 2.29.